The van der Waals surface area contributed by atoms with Crippen molar-refractivity contribution >= 4 is 11.7 Å². The summed E-state index contributed by atoms with van der Waals surface area (Å²) in [4.78, 5) is 13.8. The third-order valence-corrected chi connectivity index (χ3v) is 1.57. The van der Waals surface area contributed by atoms with Crippen LogP contribution in [0.2, 0.25) is 0 Å². The van der Waals surface area contributed by atoms with E-state index in [-0.39, 0.29) is 6.61 Å². The number of esters is 1. The minimum Gasteiger partial charge on any atom is -0.462 e. The lowest BCUT2D eigenvalue weighted by Gasteiger charge is -2.10. The van der Waals surface area contributed by atoms with Gasteiger partial charge in [-0.15, -0.1) is 0 Å². The van der Waals surface area contributed by atoms with Crippen LogP contribution < -0.4 is 5.73 Å². The van der Waals surface area contributed by atoms with Crippen LogP contribution in [-0.2, 0) is 9.53 Å². The van der Waals surface area contributed by atoms with E-state index in [0.29, 0.717) is 6.20 Å². The first-order chi connectivity index (χ1) is 8.22. The predicted molar refractivity (Wildman–Crippen MR) is 53.3 cm³/mol. The molecule has 0 radical (unpaired) electrons. The number of nitrogens with zero attached hydrogens (tertiary/aromatic N) is 1. The Morgan fingerprint density at radius 3 is 2.33 bits per heavy atom. The zero-order valence-corrected chi connectivity index (χ0v) is 9.30. The van der Waals surface area contributed by atoms with Crippen molar-refractivity contribution in [3.05, 3.63) is 11.8 Å². The van der Waals surface area contributed by atoms with Gasteiger partial charge in [0.25, 0.3) is 6.43 Å². The molecule has 0 saturated carbocycles. The first-order valence-corrected chi connectivity index (χ1v) is 4.71. The van der Waals surface area contributed by atoms with E-state index in [1.165, 1.54) is 6.92 Å². The Balaban J connectivity index is 5.15. The molecule has 2 N–H and O–H groups in total. The third kappa shape index (κ3) is 5.60. The van der Waals surface area contributed by atoms with Gasteiger partial charge in [0.05, 0.1) is 6.61 Å². The lowest BCUT2D eigenvalue weighted by atomic mass is 10.1. The maximum atomic E-state index is 12.5. The molecule has 0 aromatic heterocycles. The van der Waals surface area contributed by atoms with Crippen molar-refractivity contribution in [1.29, 1.82) is 0 Å². The summed E-state index contributed by atoms with van der Waals surface area (Å²) in [6, 6.07) is 0. The minimum absolute atomic E-state index is 0.133. The summed E-state index contributed by atoms with van der Waals surface area (Å²) in [7, 11) is 0. The number of alkyl halides is 5. The number of halogens is 5. The normalized spacial score (nSPS) is 13.9. The van der Waals surface area contributed by atoms with E-state index in [9.17, 15) is 26.7 Å². The van der Waals surface area contributed by atoms with Crippen molar-refractivity contribution in [3.8, 4) is 0 Å². The fourth-order valence-corrected chi connectivity index (χ4v) is 0.913. The van der Waals surface area contributed by atoms with Crippen LogP contribution in [0.1, 0.15) is 6.92 Å². The van der Waals surface area contributed by atoms with Gasteiger partial charge in [-0.2, -0.15) is 13.2 Å². The zero-order chi connectivity index (χ0) is 14.3. The Morgan fingerprint density at radius 2 is 2.00 bits per heavy atom. The molecule has 9 heteroatoms. The standard InChI is InChI=1S/C9H11F5N2O2/c1-2-18-8(17)5(3-15)6(7(10)11)16-4-9(12,13)14/h3,7H,2,4,15H2,1H3. The van der Waals surface area contributed by atoms with Crippen LogP contribution in [0.3, 0.4) is 0 Å². The molecule has 0 unspecified atom stereocenters. The Bertz CT molecular complexity index is 349. The Hall–Kier alpha value is -1.67. The van der Waals surface area contributed by atoms with Crippen molar-refractivity contribution in [2.45, 2.75) is 19.5 Å². The molecule has 4 nitrogen and oxygen atoms in total. The molecule has 0 saturated heterocycles. The summed E-state index contributed by atoms with van der Waals surface area (Å²) in [6.07, 6.45) is -7.68. The second-order valence-corrected chi connectivity index (χ2v) is 2.92. The Kier molecular flexibility index (Phi) is 6.28. The van der Waals surface area contributed by atoms with Gasteiger partial charge in [0.15, 0.2) is 0 Å². The number of hydrogen-bond donors (Lipinski definition) is 1. The molecule has 0 amide bonds. The average Bonchev–Trinajstić information content (AvgIpc) is 2.22. The molecule has 0 aliphatic heterocycles. The Morgan fingerprint density at radius 1 is 1.44 bits per heavy atom. The van der Waals surface area contributed by atoms with E-state index in [4.69, 9.17) is 5.73 Å². The smallest absolute Gasteiger partial charge is 0.407 e. The molecule has 0 spiro atoms. The van der Waals surface area contributed by atoms with Crippen molar-refractivity contribution in [2.75, 3.05) is 13.2 Å². The second kappa shape index (κ2) is 6.92. The number of hydrogen-bond acceptors (Lipinski definition) is 4. The molecule has 0 aromatic rings. The molecule has 0 fully saturated rings. The fourth-order valence-electron chi connectivity index (χ4n) is 0.913. The molecule has 104 valence electrons. The summed E-state index contributed by atoms with van der Waals surface area (Å²) < 4.78 is 65.0. The molecule has 18 heavy (non-hydrogen) atoms. The summed E-state index contributed by atoms with van der Waals surface area (Å²) >= 11 is 0. The highest BCUT2D eigenvalue weighted by Gasteiger charge is 2.30. The summed E-state index contributed by atoms with van der Waals surface area (Å²) in [6.45, 7) is -0.559. The van der Waals surface area contributed by atoms with Crippen molar-refractivity contribution < 1.29 is 31.5 Å². The van der Waals surface area contributed by atoms with Crippen molar-refractivity contribution in [3.63, 3.8) is 0 Å². The molecule has 0 rings (SSSR count). The zero-order valence-electron chi connectivity index (χ0n) is 9.30. The van der Waals surface area contributed by atoms with Crippen LogP contribution in [0.4, 0.5) is 22.0 Å². The predicted octanol–water partition coefficient (Wildman–Crippen LogP) is 1.66. The van der Waals surface area contributed by atoms with Crippen LogP contribution in [0.15, 0.2) is 16.8 Å². The van der Waals surface area contributed by atoms with Gasteiger partial charge >= 0.3 is 12.1 Å². The molecule has 0 aromatic carbocycles. The van der Waals surface area contributed by atoms with Crippen LogP contribution in [0.5, 0.6) is 0 Å². The molecule has 0 heterocycles. The van der Waals surface area contributed by atoms with E-state index < -0.39 is 36.4 Å². The highest BCUT2D eigenvalue weighted by molar-refractivity contribution is 6.21. The van der Waals surface area contributed by atoms with Gasteiger partial charge in [-0.1, -0.05) is 0 Å². The summed E-state index contributed by atoms with van der Waals surface area (Å²) in [5, 5.41) is 0. The second-order valence-electron chi connectivity index (χ2n) is 2.92. The van der Waals surface area contributed by atoms with Gasteiger partial charge in [-0.3, -0.25) is 4.99 Å². The quantitative estimate of drug-likeness (QED) is 0.359. The molecule has 0 aliphatic rings. The SMILES string of the molecule is CCOC(=O)C(=CN)C(=NCC(F)(F)F)C(F)F. The van der Waals surface area contributed by atoms with Crippen molar-refractivity contribution in [2.24, 2.45) is 10.7 Å². The number of nitrogens with two attached hydrogens (primary N) is 1. The lowest BCUT2D eigenvalue weighted by molar-refractivity contribution is -0.138. The van der Waals surface area contributed by atoms with Gasteiger partial charge in [0.1, 0.15) is 17.8 Å². The first kappa shape index (κ1) is 16.3. The van der Waals surface area contributed by atoms with Crippen LogP contribution >= 0.6 is 0 Å². The fraction of sp³-hybridized carbons (Fsp3) is 0.556. The number of aliphatic imine (C=N–C) groups is 1. The molecular weight excluding hydrogens is 263 g/mol. The van der Waals surface area contributed by atoms with E-state index in [0.717, 1.165) is 0 Å². The molecular formula is C9H11F5N2O2. The minimum atomic E-state index is -4.76. The van der Waals surface area contributed by atoms with Gasteiger partial charge in [-0.05, 0) is 6.92 Å². The highest BCUT2D eigenvalue weighted by atomic mass is 19.4. The van der Waals surface area contributed by atoms with Gasteiger partial charge in [0, 0.05) is 6.20 Å². The maximum Gasteiger partial charge on any atom is 0.407 e. The topological polar surface area (TPSA) is 64.7 Å². The maximum absolute atomic E-state index is 12.5. The van der Waals surface area contributed by atoms with Gasteiger partial charge in [0.2, 0.25) is 0 Å². The molecule has 0 atom stereocenters. The molecule has 0 aliphatic carbocycles. The van der Waals surface area contributed by atoms with Crippen molar-refractivity contribution in [1.82, 2.24) is 0 Å². The highest BCUT2D eigenvalue weighted by Crippen LogP contribution is 2.17. The van der Waals surface area contributed by atoms with Gasteiger partial charge in [-0.25, -0.2) is 13.6 Å². The first-order valence-electron chi connectivity index (χ1n) is 4.71. The van der Waals surface area contributed by atoms with Gasteiger partial charge < -0.3 is 10.5 Å². The summed E-state index contributed by atoms with van der Waals surface area (Å²) in [5.41, 5.74) is 2.71. The van der Waals surface area contributed by atoms with Crippen LogP contribution in [0.25, 0.3) is 0 Å². The van der Waals surface area contributed by atoms with E-state index in [1.54, 1.807) is 0 Å². The number of carbonyl (C=O) groups excluding carboxylic acids is 1. The van der Waals surface area contributed by atoms with Crippen LogP contribution in [0, 0.1) is 0 Å². The monoisotopic (exact) mass is 274 g/mol. The number of ether oxygens (including phenoxy) is 1. The molecule has 0 bridgehead atoms. The van der Waals surface area contributed by atoms with E-state index >= 15 is 0 Å². The lowest BCUT2D eigenvalue weighted by Crippen LogP contribution is -2.25. The van der Waals surface area contributed by atoms with E-state index in [2.05, 4.69) is 9.73 Å². The number of rotatable bonds is 5. The Labute approximate surface area is 99.3 Å². The van der Waals surface area contributed by atoms with E-state index in [1.807, 2.05) is 0 Å². The van der Waals surface area contributed by atoms with Crippen LogP contribution in [-0.4, -0.2) is 37.4 Å². The third-order valence-electron chi connectivity index (χ3n) is 1.57. The number of carbonyl (C=O) groups is 1. The largest absolute Gasteiger partial charge is 0.462 e. The summed E-state index contributed by atoms with van der Waals surface area (Å²) in [5.74, 6) is -1.25. The average molecular weight is 274 g/mol.